The van der Waals surface area contributed by atoms with Gasteiger partial charge in [-0.25, -0.2) is 0 Å². The molecule has 0 spiro atoms. The second-order valence-corrected chi connectivity index (χ2v) is 5.02. The maximum absolute atomic E-state index is 6.02. The zero-order valence-electron chi connectivity index (χ0n) is 9.04. The molecule has 0 amide bonds. The van der Waals surface area contributed by atoms with Gasteiger partial charge in [-0.05, 0) is 37.5 Å². The van der Waals surface area contributed by atoms with E-state index in [0.717, 1.165) is 16.7 Å². The van der Waals surface area contributed by atoms with Crippen molar-refractivity contribution < 1.29 is 0 Å². The van der Waals surface area contributed by atoms with Crippen LogP contribution < -0.4 is 10.6 Å². The van der Waals surface area contributed by atoms with Crippen LogP contribution in [0.5, 0.6) is 0 Å². The van der Waals surface area contributed by atoms with Crippen LogP contribution in [-0.2, 0) is 0 Å². The third kappa shape index (κ3) is 2.12. The summed E-state index contributed by atoms with van der Waals surface area (Å²) in [5.74, 6) is 0. The summed E-state index contributed by atoms with van der Waals surface area (Å²) in [6.45, 7) is 3.39. The van der Waals surface area contributed by atoms with Gasteiger partial charge < -0.3 is 10.6 Å². The number of rotatable bonds is 2. The van der Waals surface area contributed by atoms with Crippen molar-refractivity contribution in [2.75, 3.05) is 17.2 Å². The molecule has 1 saturated heterocycles. The van der Waals surface area contributed by atoms with Crippen LogP contribution in [-0.4, -0.2) is 12.6 Å². The second kappa shape index (κ2) is 4.44. The fourth-order valence-electron chi connectivity index (χ4n) is 2.34. The van der Waals surface area contributed by atoms with Gasteiger partial charge in [-0.3, -0.25) is 0 Å². The van der Waals surface area contributed by atoms with Crippen molar-refractivity contribution in [3.8, 4) is 0 Å². The first-order chi connectivity index (χ1) is 7.22. The fraction of sp³-hybridized carbons (Fsp3) is 0.500. The highest BCUT2D eigenvalue weighted by atomic mass is 79.9. The third-order valence-electron chi connectivity index (χ3n) is 3.15. The first kappa shape index (κ1) is 10.8. The maximum atomic E-state index is 6.02. The van der Waals surface area contributed by atoms with Gasteiger partial charge in [0.15, 0.2) is 0 Å². The number of hydrogen-bond donors (Lipinski definition) is 1. The number of nitrogens with zero attached hydrogens (tertiary/aromatic N) is 1. The molecule has 1 unspecified atom stereocenters. The van der Waals surface area contributed by atoms with Crippen molar-refractivity contribution in [2.45, 2.75) is 32.2 Å². The molecule has 1 atom stereocenters. The van der Waals surface area contributed by atoms with Gasteiger partial charge in [-0.2, -0.15) is 0 Å². The Labute approximate surface area is 99.6 Å². The van der Waals surface area contributed by atoms with E-state index in [1.165, 1.54) is 24.9 Å². The van der Waals surface area contributed by atoms with Crippen LogP contribution in [0.3, 0.4) is 0 Å². The molecule has 0 aliphatic carbocycles. The molecule has 0 bridgehead atoms. The minimum absolute atomic E-state index is 0.668. The van der Waals surface area contributed by atoms with Gasteiger partial charge in [-0.15, -0.1) is 0 Å². The number of nitrogen functional groups attached to an aromatic ring is 1. The van der Waals surface area contributed by atoms with Crippen LogP contribution >= 0.6 is 15.9 Å². The summed E-state index contributed by atoms with van der Waals surface area (Å²) in [6, 6.07) is 6.77. The summed E-state index contributed by atoms with van der Waals surface area (Å²) >= 11 is 3.50. The van der Waals surface area contributed by atoms with E-state index in [4.69, 9.17) is 5.73 Å². The van der Waals surface area contributed by atoms with E-state index in [1.54, 1.807) is 0 Å². The second-order valence-electron chi connectivity index (χ2n) is 4.10. The molecule has 1 fully saturated rings. The molecule has 1 aliphatic rings. The molecule has 2 nitrogen and oxygen atoms in total. The van der Waals surface area contributed by atoms with Crippen molar-refractivity contribution in [1.29, 1.82) is 0 Å². The first-order valence-corrected chi connectivity index (χ1v) is 6.33. The Morgan fingerprint density at radius 2 is 2.33 bits per heavy atom. The predicted molar refractivity (Wildman–Crippen MR) is 69.2 cm³/mol. The third-order valence-corrected chi connectivity index (χ3v) is 3.64. The summed E-state index contributed by atoms with van der Waals surface area (Å²) in [5.41, 5.74) is 8.10. The van der Waals surface area contributed by atoms with E-state index in [-0.39, 0.29) is 0 Å². The summed E-state index contributed by atoms with van der Waals surface area (Å²) in [5, 5.41) is 0. The van der Waals surface area contributed by atoms with Gasteiger partial charge >= 0.3 is 0 Å². The molecule has 2 N–H and O–H groups in total. The molecule has 1 aromatic rings. The highest BCUT2D eigenvalue weighted by Crippen LogP contribution is 2.33. The normalized spacial score (nSPS) is 20.9. The van der Waals surface area contributed by atoms with Crippen LogP contribution in [0.4, 0.5) is 11.4 Å². The molecule has 1 aliphatic heterocycles. The van der Waals surface area contributed by atoms with E-state index < -0.39 is 0 Å². The summed E-state index contributed by atoms with van der Waals surface area (Å²) < 4.78 is 1.11. The predicted octanol–water partition coefficient (Wildman–Crippen LogP) is 3.41. The van der Waals surface area contributed by atoms with Crippen molar-refractivity contribution in [3.05, 3.63) is 22.7 Å². The Kier molecular flexibility index (Phi) is 3.19. The highest BCUT2D eigenvalue weighted by Gasteiger charge is 2.24. The van der Waals surface area contributed by atoms with E-state index >= 15 is 0 Å². The van der Waals surface area contributed by atoms with E-state index in [2.05, 4.69) is 33.8 Å². The van der Waals surface area contributed by atoms with E-state index in [1.807, 2.05) is 12.1 Å². The molecule has 0 aromatic heterocycles. The zero-order valence-corrected chi connectivity index (χ0v) is 10.6. The topological polar surface area (TPSA) is 29.3 Å². The fourth-order valence-corrected chi connectivity index (χ4v) is 2.69. The lowest BCUT2D eigenvalue weighted by Gasteiger charge is -2.27. The van der Waals surface area contributed by atoms with Crippen molar-refractivity contribution in [1.82, 2.24) is 0 Å². The Balaban J connectivity index is 2.31. The lowest BCUT2D eigenvalue weighted by molar-refractivity contribution is 0.646. The molecule has 15 heavy (non-hydrogen) atoms. The molecule has 82 valence electrons. The summed E-state index contributed by atoms with van der Waals surface area (Å²) in [4.78, 5) is 2.44. The lowest BCUT2D eigenvalue weighted by Crippen LogP contribution is -2.29. The van der Waals surface area contributed by atoms with Gasteiger partial charge in [0.2, 0.25) is 0 Å². The Morgan fingerprint density at radius 3 is 3.07 bits per heavy atom. The summed E-state index contributed by atoms with van der Waals surface area (Å²) in [6.07, 6.45) is 3.78. The van der Waals surface area contributed by atoms with Crippen LogP contribution in [0.15, 0.2) is 22.7 Å². The van der Waals surface area contributed by atoms with Crippen LogP contribution in [0.1, 0.15) is 26.2 Å². The molecule has 0 radical (unpaired) electrons. The number of anilines is 2. The van der Waals surface area contributed by atoms with Gasteiger partial charge in [-0.1, -0.05) is 22.9 Å². The first-order valence-electron chi connectivity index (χ1n) is 5.54. The molecular formula is C12H17BrN2. The lowest BCUT2D eigenvalue weighted by atomic mass is 10.1. The van der Waals surface area contributed by atoms with Crippen molar-refractivity contribution >= 4 is 27.3 Å². The average Bonchev–Trinajstić information content (AvgIpc) is 2.69. The van der Waals surface area contributed by atoms with Crippen LogP contribution in [0.2, 0.25) is 0 Å². The van der Waals surface area contributed by atoms with Gasteiger partial charge in [0, 0.05) is 17.1 Å². The zero-order chi connectivity index (χ0) is 10.8. The number of benzene rings is 1. The summed E-state index contributed by atoms with van der Waals surface area (Å²) in [7, 11) is 0. The number of nitrogens with two attached hydrogens (primary N) is 1. The quantitative estimate of drug-likeness (QED) is 0.834. The maximum Gasteiger partial charge on any atom is 0.0613 e. The standard InChI is InChI=1S/C12H17BrN2/c1-2-10-4-3-7-15(10)12-8-9(13)5-6-11(12)14/h5-6,8,10H,2-4,7,14H2,1H3. The molecule has 3 heteroatoms. The SMILES string of the molecule is CCC1CCCN1c1cc(Br)ccc1N. The van der Waals surface area contributed by atoms with Crippen LogP contribution in [0, 0.1) is 0 Å². The minimum Gasteiger partial charge on any atom is -0.397 e. The largest absolute Gasteiger partial charge is 0.397 e. The molecule has 1 aromatic carbocycles. The highest BCUT2D eigenvalue weighted by molar-refractivity contribution is 9.10. The molecule has 2 rings (SSSR count). The van der Waals surface area contributed by atoms with Gasteiger partial charge in [0.05, 0.1) is 11.4 Å². The van der Waals surface area contributed by atoms with Gasteiger partial charge in [0.25, 0.3) is 0 Å². The Morgan fingerprint density at radius 1 is 1.53 bits per heavy atom. The van der Waals surface area contributed by atoms with Gasteiger partial charge in [0.1, 0.15) is 0 Å². The number of halogens is 1. The Hall–Kier alpha value is -0.700. The number of hydrogen-bond acceptors (Lipinski definition) is 2. The average molecular weight is 269 g/mol. The molecule has 0 saturated carbocycles. The van der Waals surface area contributed by atoms with E-state index in [0.29, 0.717) is 6.04 Å². The van der Waals surface area contributed by atoms with Crippen molar-refractivity contribution in [2.24, 2.45) is 0 Å². The van der Waals surface area contributed by atoms with E-state index in [9.17, 15) is 0 Å². The van der Waals surface area contributed by atoms with Crippen molar-refractivity contribution in [3.63, 3.8) is 0 Å². The molecular weight excluding hydrogens is 252 g/mol. The van der Waals surface area contributed by atoms with Crippen LogP contribution in [0.25, 0.3) is 0 Å². The molecule has 1 heterocycles. The minimum atomic E-state index is 0.668. The smallest absolute Gasteiger partial charge is 0.0613 e. The Bertz CT molecular complexity index is 351. The monoisotopic (exact) mass is 268 g/mol.